The van der Waals surface area contributed by atoms with Crippen molar-refractivity contribution in [3.05, 3.63) is 42.1 Å². The number of rotatable bonds is 4. The van der Waals surface area contributed by atoms with Crippen LogP contribution in [-0.4, -0.2) is 28.6 Å². The Bertz CT molecular complexity index is 798. The maximum absolute atomic E-state index is 12.7. The minimum absolute atomic E-state index is 0.110. The average Bonchev–Trinajstić information content (AvgIpc) is 2.58. The molecule has 1 aromatic heterocycles. The van der Waals surface area contributed by atoms with Crippen molar-refractivity contribution < 1.29 is 14.4 Å². The summed E-state index contributed by atoms with van der Waals surface area (Å²) in [5.41, 5.74) is 6.43. The first-order valence-corrected chi connectivity index (χ1v) is 8.02. The molecule has 6 nitrogen and oxygen atoms in total. The number of carbonyl (C=O) groups excluding carboxylic acids is 3. The van der Waals surface area contributed by atoms with Crippen molar-refractivity contribution in [3.63, 3.8) is 0 Å². The van der Waals surface area contributed by atoms with Gasteiger partial charge in [-0.25, -0.2) is 0 Å². The zero-order chi connectivity index (χ0) is 17.1. The number of para-hydroxylation sites is 1. The molecule has 2 atom stereocenters. The van der Waals surface area contributed by atoms with Gasteiger partial charge in [-0.3, -0.25) is 19.4 Å². The van der Waals surface area contributed by atoms with Gasteiger partial charge in [0.2, 0.25) is 5.91 Å². The molecule has 6 heteroatoms. The molecule has 1 saturated carbocycles. The maximum Gasteiger partial charge on any atom is 0.254 e. The van der Waals surface area contributed by atoms with Crippen molar-refractivity contribution in [3.8, 4) is 0 Å². The normalized spacial score (nSPS) is 19.0. The van der Waals surface area contributed by atoms with E-state index in [-0.39, 0.29) is 18.1 Å². The number of benzene rings is 1. The fraction of sp³-hybridized carbons (Fsp3) is 0.333. The minimum Gasteiger partial charge on any atom is -0.368 e. The standard InChI is InChI=1S/C18H19N3O3/c19-17(23)16(12-5-1-7-13(22)10-12)21-18(24)14-8-2-4-11-6-3-9-20-15(11)14/h2-4,6,8-9,12,16H,1,5,7,10H2,(H2,19,23)(H,21,24)/t12-,16+/m0/s1. The predicted octanol–water partition coefficient (Wildman–Crippen LogP) is 1.58. The SMILES string of the molecule is NC(=O)[C@H](NC(=O)c1cccc2cccnc12)[C@H]1CCCC(=O)C1. The number of aromatic nitrogens is 1. The molecule has 0 spiro atoms. The first-order valence-electron chi connectivity index (χ1n) is 8.02. The summed E-state index contributed by atoms with van der Waals surface area (Å²) in [6.45, 7) is 0. The van der Waals surface area contributed by atoms with Gasteiger partial charge < -0.3 is 11.1 Å². The zero-order valence-corrected chi connectivity index (χ0v) is 13.2. The van der Waals surface area contributed by atoms with E-state index >= 15 is 0 Å². The van der Waals surface area contributed by atoms with Gasteiger partial charge in [-0.1, -0.05) is 18.2 Å². The van der Waals surface area contributed by atoms with E-state index in [4.69, 9.17) is 5.73 Å². The molecule has 0 saturated heterocycles. The molecule has 2 aromatic rings. The van der Waals surface area contributed by atoms with Crippen LogP contribution in [0.2, 0.25) is 0 Å². The first kappa shape index (κ1) is 16.1. The second-order valence-corrected chi connectivity index (χ2v) is 6.13. The van der Waals surface area contributed by atoms with E-state index in [0.717, 1.165) is 11.8 Å². The average molecular weight is 325 g/mol. The molecule has 124 valence electrons. The summed E-state index contributed by atoms with van der Waals surface area (Å²) in [4.78, 5) is 40.4. The van der Waals surface area contributed by atoms with E-state index in [9.17, 15) is 14.4 Å². The maximum atomic E-state index is 12.7. The zero-order valence-electron chi connectivity index (χ0n) is 13.2. The summed E-state index contributed by atoms with van der Waals surface area (Å²) >= 11 is 0. The van der Waals surface area contributed by atoms with Crippen molar-refractivity contribution in [2.75, 3.05) is 0 Å². The minimum atomic E-state index is -0.847. The number of carbonyl (C=O) groups is 3. The Hall–Kier alpha value is -2.76. The van der Waals surface area contributed by atoms with Crippen LogP contribution in [0.15, 0.2) is 36.5 Å². The number of fused-ring (bicyclic) bond motifs is 1. The number of hydrogen-bond acceptors (Lipinski definition) is 4. The highest BCUT2D eigenvalue weighted by atomic mass is 16.2. The number of pyridine rings is 1. The Balaban J connectivity index is 1.85. The summed E-state index contributed by atoms with van der Waals surface area (Å²) in [5.74, 6) is -1.15. The third-order valence-corrected chi connectivity index (χ3v) is 4.46. The Morgan fingerprint density at radius 3 is 2.79 bits per heavy atom. The summed E-state index contributed by atoms with van der Waals surface area (Å²) in [7, 11) is 0. The molecule has 0 aliphatic heterocycles. The molecule has 1 aliphatic carbocycles. The number of Topliss-reactive ketones (excluding diaryl/α,β-unsaturated/α-hetero) is 1. The molecule has 0 bridgehead atoms. The molecule has 0 radical (unpaired) electrons. The van der Waals surface area contributed by atoms with Crippen LogP contribution in [0.1, 0.15) is 36.0 Å². The molecular formula is C18H19N3O3. The molecule has 1 aromatic carbocycles. The second-order valence-electron chi connectivity index (χ2n) is 6.13. The number of amides is 2. The van der Waals surface area contributed by atoms with Crippen LogP contribution in [0, 0.1) is 5.92 Å². The van der Waals surface area contributed by atoms with Crippen molar-refractivity contribution >= 4 is 28.5 Å². The van der Waals surface area contributed by atoms with E-state index < -0.39 is 17.9 Å². The van der Waals surface area contributed by atoms with Crippen LogP contribution in [-0.2, 0) is 9.59 Å². The summed E-state index contributed by atoms with van der Waals surface area (Å²) in [5, 5.41) is 3.55. The van der Waals surface area contributed by atoms with E-state index in [1.807, 2.05) is 12.1 Å². The van der Waals surface area contributed by atoms with Crippen molar-refractivity contribution in [1.29, 1.82) is 0 Å². The number of nitrogens with one attached hydrogen (secondary N) is 1. The lowest BCUT2D eigenvalue weighted by Crippen LogP contribution is -2.50. The van der Waals surface area contributed by atoms with E-state index in [1.165, 1.54) is 0 Å². The second kappa shape index (κ2) is 6.78. The fourth-order valence-corrected chi connectivity index (χ4v) is 3.27. The van der Waals surface area contributed by atoms with Gasteiger partial charge in [0, 0.05) is 24.4 Å². The third-order valence-electron chi connectivity index (χ3n) is 4.46. The molecule has 24 heavy (non-hydrogen) atoms. The Labute approximate surface area is 139 Å². The molecule has 2 amide bonds. The Kier molecular flexibility index (Phi) is 4.55. The largest absolute Gasteiger partial charge is 0.368 e. The van der Waals surface area contributed by atoms with Gasteiger partial charge >= 0.3 is 0 Å². The molecule has 0 unspecified atom stereocenters. The van der Waals surface area contributed by atoms with Crippen molar-refractivity contribution in [2.24, 2.45) is 11.7 Å². The number of primary amides is 1. The molecule has 3 N–H and O–H groups in total. The van der Waals surface area contributed by atoms with E-state index in [1.54, 1.807) is 24.4 Å². The lowest BCUT2D eigenvalue weighted by molar-refractivity contribution is -0.124. The monoisotopic (exact) mass is 325 g/mol. The van der Waals surface area contributed by atoms with Gasteiger partial charge in [0.15, 0.2) is 0 Å². The number of ketones is 1. The topological polar surface area (TPSA) is 102 Å². The van der Waals surface area contributed by atoms with E-state index in [0.29, 0.717) is 23.9 Å². The number of nitrogens with zero attached hydrogens (tertiary/aromatic N) is 1. The van der Waals surface area contributed by atoms with Crippen LogP contribution >= 0.6 is 0 Å². The van der Waals surface area contributed by atoms with Crippen molar-refractivity contribution in [1.82, 2.24) is 10.3 Å². The molecule has 1 heterocycles. The van der Waals surface area contributed by atoms with Gasteiger partial charge in [-0.05, 0) is 30.9 Å². The Morgan fingerprint density at radius 1 is 1.25 bits per heavy atom. The number of nitrogens with two attached hydrogens (primary N) is 1. The summed E-state index contributed by atoms with van der Waals surface area (Å²) in [6.07, 6.45) is 3.85. The van der Waals surface area contributed by atoms with Crippen LogP contribution in [0.4, 0.5) is 0 Å². The van der Waals surface area contributed by atoms with Gasteiger partial charge in [0.05, 0.1) is 11.1 Å². The number of hydrogen-bond donors (Lipinski definition) is 2. The quantitative estimate of drug-likeness (QED) is 0.891. The molecule has 3 rings (SSSR count). The predicted molar refractivity (Wildman–Crippen MR) is 89.2 cm³/mol. The van der Waals surface area contributed by atoms with Gasteiger partial charge in [-0.15, -0.1) is 0 Å². The van der Waals surface area contributed by atoms with Crippen LogP contribution in [0.5, 0.6) is 0 Å². The fourth-order valence-electron chi connectivity index (χ4n) is 3.27. The lowest BCUT2D eigenvalue weighted by atomic mass is 9.82. The molecular weight excluding hydrogens is 306 g/mol. The van der Waals surface area contributed by atoms with Crippen LogP contribution in [0.3, 0.4) is 0 Å². The van der Waals surface area contributed by atoms with Crippen LogP contribution in [0.25, 0.3) is 10.9 Å². The summed E-state index contributed by atoms with van der Waals surface area (Å²) in [6, 6.07) is 8.11. The van der Waals surface area contributed by atoms with E-state index in [2.05, 4.69) is 10.3 Å². The van der Waals surface area contributed by atoms with Gasteiger partial charge in [-0.2, -0.15) is 0 Å². The lowest BCUT2D eigenvalue weighted by Gasteiger charge is -2.28. The third kappa shape index (κ3) is 3.27. The highest BCUT2D eigenvalue weighted by molar-refractivity contribution is 6.06. The summed E-state index contributed by atoms with van der Waals surface area (Å²) < 4.78 is 0. The molecule has 1 aliphatic rings. The smallest absolute Gasteiger partial charge is 0.254 e. The highest BCUT2D eigenvalue weighted by Crippen LogP contribution is 2.25. The molecule has 1 fully saturated rings. The Morgan fingerprint density at radius 2 is 2.04 bits per heavy atom. The van der Waals surface area contributed by atoms with Gasteiger partial charge in [0.25, 0.3) is 5.91 Å². The van der Waals surface area contributed by atoms with Gasteiger partial charge in [0.1, 0.15) is 11.8 Å². The van der Waals surface area contributed by atoms with Crippen LogP contribution < -0.4 is 11.1 Å². The highest BCUT2D eigenvalue weighted by Gasteiger charge is 2.32. The first-order chi connectivity index (χ1) is 11.6. The van der Waals surface area contributed by atoms with Crippen molar-refractivity contribution in [2.45, 2.75) is 31.7 Å².